The molecule has 1 heteroatoms. The predicted octanol–water partition coefficient (Wildman–Crippen LogP) is 7.44. The molecule has 0 aromatic heterocycles. The fourth-order valence-corrected chi connectivity index (χ4v) is 4.02. The molecule has 0 radical (unpaired) electrons. The third-order valence-corrected chi connectivity index (χ3v) is 5.80. The van der Waals surface area contributed by atoms with Crippen LogP contribution in [-0.2, 0) is 6.42 Å². The highest BCUT2D eigenvalue weighted by atomic mass is 19.1. The number of rotatable bonds is 6. The topological polar surface area (TPSA) is 0 Å². The molecule has 0 N–H and O–H groups in total. The van der Waals surface area contributed by atoms with Gasteiger partial charge in [0.15, 0.2) is 0 Å². The summed E-state index contributed by atoms with van der Waals surface area (Å²) in [5, 5.41) is 0. The zero-order valence-corrected chi connectivity index (χ0v) is 17.0. The van der Waals surface area contributed by atoms with Crippen LogP contribution in [0.3, 0.4) is 0 Å². The molecule has 1 fully saturated rings. The van der Waals surface area contributed by atoms with Crippen LogP contribution in [-0.4, -0.2) is 0 Å². The second-order valence-electron chi connectivity index (χ2n) is 7.95. The maximum Gasteiger partial charge on any atom is 0.123 e. The molecule has 1 aliphatic rings. The molecule has 0 bridgehead atoms. The Morgan fingerprint density at radius 3 is 2.32 bits per heavy atom. The number of hydrogen-bond donors (Lipinski definition) is 0. The van der Waals surface area contributed by atoms with Crippen LogP contribution in [0.2, 0.25) is 0 Å². The quantitative estimate of drug-likeness (QED) is 0.364. The van der Waals surface area contributed by atoms with Crippen molar-refractivity contribution in [2.75, 3.05) is 0 Å². The Labute approximate surface area is 169 Å². The summed E-state index contributed by atoms with van der Waals surface area (Å²) in [6.45, 7) is 2.26. The van der Waals surface area contributed by atoms with Crippen LogP contribution in [0.1, 0.15) is 74.5 Å². The van der Waals surface area contributed by atoms with E-state index in [2.05, 4.69) is 49.1 Å². The fraction of sp³-hybridized carbons (Fsp3) is 0.407. The lowest BCUT2D eigenvalue weighted by atomic mass is 9.78. The predicted molar refractivity (Wildman–Crippen MR) is 117 cm³/mol. The van der Waals surface area contributed by atoms with E-state index in [1.807, 2.05) is 6.08 Å². The molecule has 2 aromatic rings. The number of hydrogen-bond acceptors (Lipinski definition) is 0. The monoisotopic (exact) mass is 374 g/mol. The molecular formula is C27H31F. The fourth-order valence-electron chi connectivity index (χ4n) is 4.02. The average Bonchev–Trinajstić information content (AvgIpc) is 2.74. The van der Waals surface area contributed by atoms with Gasteiger partial charge < -0.3 is 0 Å². The first kappa shape index (κ1) is 20.4. The summed E-state index contributed by atoms with van der Waals surface area (Å²) in [6.07, 6.45) is 14.3. The molecule has 0 atom stereocenters. The van der Waals surface area contributed by atoms with Gasteiger partial charge in [0.2, 0.25) is 0 Å². The standard InChI is InChI=1S/C27H31F/c1-2-3-4-7-22-10-16-25(17-11-22)26-18-12-23(13-19-26)8-5-6-9-24-14-20-27(28)21-15-24/h5,8,10-11,14-17,20-21,23,26H,2-4,7,12-13,18-19H2,1H3/b8-5+. The maximum atomic E-state index is 12.9. The number of halogens is 1. The minimum atomic E-state index is -0.219. The normalized spacial score (nSPS) is 19.4. The van der Waals surface area contributed by atoms with Crippen molar-refractivity contribution in [3.8, 4) is 11.8 Å². The van der Waals surface area contributed by atoms with Crippen molar-refractivity contribution in [2.24, 2.45) is 5.92 Å². The Balaban J connectivity index is 1.44. The van der Waals surface area contributed by atoms with Crippen LogP contribution in [0.15, 0.2) is 60.7 Å². The van der Waals surface area contributed by atoms with E-state index in [0.29, 0.717) is 11.8 Å². The lowest BCUT2D eigenvalue weighted by molar-refractivity contribution is 0.376. The molecule has 0 aliphatic heterocycles. The van der Waals surface area contributed by atoms with Crippen molar-refractivity contribution in [3.63, 3.8) is 0 Å². The first-order chi connectivity index (χ1) is 13.7. The van der Waals surface area contributed by atoms with Crippen molar-refractivity contribution < 1.29 is 4.39 Å². The molecule has 3 rings (SSSR count). The molecule has 0 spiro atoms. The van der Waals surface area contributed by atoms with Crippen LogP contribution in [0.5, 0.6) is 0 Å². The van der Waals surface area contributed by atoms with E-state index in [4.69, 9.17) is 0 Å². The van der Waals surface area contributed by atoms with Crippen molar-refractivity contribution in [2.45, 2.75) is 64.2 Å². The van der Waals surface area contributed by atoms with Crippen molar-refractivity contribution >= 4 is 0 Å². The summed E-state index contributed by atoms with van der Waals surface area (Å²) in [7, 11) is 0. The Bertz CT molecular complexity index is 794. The molecule has 2 aromatic carbocycles. The van der Waals surface area contributed by atoms with Gasteiger partial charge in [0.1, 0.15) is 5.82 Å². The van der Waals surface area contributed by atoms with Gasteiger partial charge in [0.05, 0.1) is 0 Å². The zero-order chi connectivity index (χ0) is 19.6. The summed E-state index contributed by atoms with van der Waals surface area (Å²) in [5.74, 6) is 7.27. The molecule has 28 heavy (non-hydrogen) atoms. The van der Waals surface area contributed by atoms with Crippen LogP contribution < -0.4 is 0 Å². The highest BCUT2D eigenvalue weighted by Crippen LogP contribution is 2.36. The van der Waals surface area contributed by atoms with Gasteiger partial charge in [-0.2, -0.15) is 0 Å². The minimum Gasteiger partial charge on any atom is -0.207 e. The smallest absolute Gasteiger partial charge is 0.123 e. The average molecular weight is 375 g/mol. The van der Waals surface area contributed by atoms with Crippen LogP contribution in [0.25, 0.3) is 0 Å². The van der Waals surface area contributed by atoms with Gasteiger partial charge in [0, 0.05) is 5.56 Å². The lowest BCUT2D eigenvalue weighted by Gasteiger charge is -2.27. The van der Waals surface area contributed by atoms with E-state index < -0.39 is 0 Å². The molecule has 0 saturated heterocycles. The highest BCUT2D eigenvalue weighted by Gasteiger charge is 2.20. The Morgan fingerprint density at radius 1 is 0.929 bits per heavy atom. The van der Waals surface area contributed by atoms with Gasteiger partial charge in [0.25, 0.3) is 0 Å². The van der Waals surface area contributed by atoms with Gasteiger partial charge in [-0.1, -0.05) is 61.9 Å². The largest absolute Gasteiger partial charge is 0.207 e. The third kappa shape index (κ3) is 6.38. The third-order valence-electron chi connectivity index (χ3n) is 5.80. The molecule has 146 valence electrons. The molecule has 0 unspecified atom stereocenters. The van der Waals surface area contributed by atoms with Crippen molar-refractivity contribution in [1.29, 1.82) is 0 Å². The molecule has 0 heterocycles. The summed E-state index contributed by atoms with van der Waals surface area (Å²) >= 11 is 0. The molecular weight excluding hydrogens is 343 g/mol. The summed E-state index contributed by atoms with van der Waals surface area (Å²) in [4.78, 5) is 0. The van der Waals surface area contributed by atoms with Gasteiger partial charge >= 0.3 is 0 Å². The number of unbranched alkanes of at least 4 members (excludes halogenated alkanes) is 2. The molecule has 0 amide bonds. The SMILES string of the molecule is CCCCCc1ccc(C2CCC(/C=C/C#Cc3ccc(F)cc3)CC2)cc1. The van der Waals surface area contributed by atoms with E-state index in [1.165, 1.54) is 74.6 Å². The number of benzene rings is 2. The van der Waals surface area contributed by atoms with E-state index in [0.717, 1.165) is 5.56 Å². The summed E-state index contributed by atoms with van der Waals surface area (Å²) in [6, 6.07) is 15.7. The highest BCUT2D eigenvalue weighted by molar-refractivity contribution is 5.37. The van der Waals surface area contributed by atoms with E-state index in [1.54, 1.807) is 12.1 Å². The summed E-state index contributed by atoms with van der Waals surface area (Å²) in [5.41, 5.74) is 3.85. The van der Waals surface area contributed by atoms with Crippen LogP contribution >= 0.6 is 0 Å². The van der Waals surface area contributed by atoms with E-state index in [-0.39, 0.29) is 5.82 Å². The Kier molecular flexibility index (Phi) is 7.92. The van der Waals surface area contributed by atoms with Gasteiger partial charge in [-0.3, -0.25) is 0 Å². The van der Waals surface area contributed by atoms with Crippen molar-refractivity contribution in [3.05, 3.63) is 83.2 Å². The molecule has 0 nitrogen and oxygen atoms in total. The second-order valence-corrected chi connectivity index (χ2v) is 7.95. The minimum absolute atomic E-state index is 0.219. The first-order valence-electron chi connectivity index (χ1n) is 10.8. The number of allylic oxidation sites excluding steroid dienone is 2. The van der Waals surface area contributed by atoms with E-state index >= 15 is 0 Å². The first-order valence-corrected chi connectivity index (χ1v) is 10.8. The second kappa shape index (κ2) is 10.9. The Morgan fingerprint density at radius 2 is 1.64 bits per heavy atom. The number of aryl methyl sites for hydroxylation is 1. The van der Waals surface area contributed by atoms with Gasteiger partial charge in [-0.05, 0) is 91.8 Å². The van der Waals surface area contributed by atoms with Crippen molar-refractivity contribution in [1.82, 2.24) is 0 Å². The maximum absolute atomic E-state index is 12.9. The van der Waals surface area contributed by atoms with Crippen LogP contribution in [0, 0.1) is 23.6 Å². The molecule has 1 aliphatic carbocycles. The van der Waals surface area contributed by atoms with Crippen LogP contribution in [0.4, 0.5) is 4.39 Å². The van der Waals surface area contributed by atoms with Gasteiger partial charge in [-0.15, -0.1) is 0 Å². The Hall–Kier alpha value is -2.33. The van der Waals surface area contributed by atoms with E-state index in [9.17, 15) is 4.39 Å². The summed E-state index contributed by atoms with van der Waals surface area (Å²) < 4.78 is 12.9. The van der Waals surface area contributed by atoms with Gasteiger partial charge in [-0.25, -0.2) is 4.39 Å². The molecule has 1 saturated carbocycles. The zero-order valence-electron chi connectivity index (χ0n) is 17.0. The lowest BCUT2D eigenvalue weighted by Crippen LogP contribution is -2.11.